The minimum absolute atomic E-state index is 0.220. The Balaban J connectivity index is 3.68. The summed E-state index contributed by atoms with van der Waals surface area (Å²) in [7, 11) is 0. The molecule has 0 fully saturated rings. The van der Waals surface area contributed by atoms with Gasteiger partial charge < -0.3 is 0 Å². The van der Waals surface area contributed by atoms with Gasteiger partial charge in [-0.2, -0.15) is 0 Å². The SMILES string of the molecule is CC(C)(C)CCC(=O)CCCC(=O)CCC(C)(C)C. The average molecular weight is 268 g/mol. The van der Waals surface area contributed by atoms with Crippen molar-refractivity contribution < 1.29 is 9.59 Å². The summed E-state index contributed by atoms with van der Waals surface area (Å²) in [5.41, 5.74) is 0.441. The van der Waals surface area contributed by atoms with Crippen molar-refractivity contribution in [1.29, 1.82) is 0 Å². The van der Waals surface area contributed by atoms with Gasteiger partial charge >= 0.3 is 0 Å². The molecule has 0 saturated heterocycles. The van der Waals surface area contributed by atoms with Crippen LogP contribution in [0.2, 0.25) is 0 Å². The Kier molecular flexibility index (Phi) is 7.54. The number of Topliss-reactive ketones (excluding diaryl/α,β-unsaturated/α-hetero) is 2. The monoisotopic (exact) mass is 268 g/mol. The van der Waals surface area contributed by atoms with Gasteiger partial charge in [-0.15, -0.1) is 0 Å². The molecule has 0 heterocycles. The fourth-order valence-electron chi connectivity index (χ4n) is 1.76. The molecule has 0 bridgehead atoms. The zero-order valence-electron chi connectivity index (χ0n) is 13.8. The van der Waals surface area contributed by atoms with Crippen LogP contribution in [0.1, 0.15) is 86.5 Å². The Morgan fingerprint density at radius 2 is 0.947 bits per heavy atom. The summed E-state index contributed by atoms with van der Waals surface area (Å²) in [5, 5.41) is 0. The predicted octanol–water partition coefficient (Wildman–Crippen LogP) is 4.95. The largest absolute Gasteiger partial charge is 0.300 e. The van der Waals surface area contributed by atoms with Crippen LogP contribution in [-0.2, 0) is 9.59 Å². The van der Waals surface area contributed by atoms with E-state index in [-0.39, 0.29) is 10.8 Å². The number of carbonyl (C=O) groups excluding carboxylic acids is 2. The lowest BCUT2D eigenvalue weighted by molar-refractivity contribution is -0.120. The Hall–Kier alpha value is -0.660. The standard InChI is InChI=1S/C17H32O2/c1-16(2,3)12-10-14(18)8-7-9-15(19)11-13-17(4,5)6/h7-13H2,1-6H3. The topological polar surface area (TPSA) is 34.1 Å². The second kappa shape index (κ2) is 7.81. The lowest BCUT2D eigenvalue weighted by atomic mass is 9.88. The third-order valence-corrected chi connectivity index (χ3v) is 3.22. The van der Waals surface area contributed by atoms with Crippen molar-refractivity contribution in [3.63, 3.8) is 0 Å². The van der Waals surface area contributed by atoms with Gasteiger partial charge in [-0.1, -0.05) is 41.5 Å². The fourth-order valence-corrected chi connectivity index (χ4v) is 1.76. The highest BCUT2D eigenvalue weighted by Gasteiger charge is 2.14. The molecule has 0 unspecified atom stereocenters. The predicted molar refractivity (Wildman–Crippen MR) is 81.2 cm³/mol. The quantitative estimate of drug-likeness (QED) is 0.624. The highest BCUT2D eigenvalue weighted by Crippen LogP contribution is 2.22. The zero-order chi connectivity index (χ0) is 15.1. The summed E-state index contributed by atoms with van der Waals surface area (Å²) in [6.45, 7) is 12.9. The first-order valence-corrected chi connectivity index (χ1v) is 7.53. The van der Waals surface area contributed by atoms with Gasteiger partial charge in [0.1, 0.15) is 11.6 Å². The van der Waals surface area contributed by atoms with E-state index in [4.69, 9.17) is 0 Å². The van der Waals surface area contributed by atoms with Crippen LogP contribution in [0.5, 0.6) is 0 Å². The number of carbonyl (C=O) groups is 2. The van der Waals surface area contributed by atoms with Gasteiger partial charge in [0.2, 0.25) is 0 Å². The van der Waals surface area contributed by atoms with E-state index in [2.05, 4.69) is 41.5 Å². The lowest BCUT2D eigenvalue weighted by Crippen LogP contribution is -2.10. The summed E-state index contributed by atoms with van der Waals surface area (Å²) in [4.78, 5) is 23.4. The number of hydrogen-bond donors (Lipinski definition) is 0. The van der Waals surface area contributed by atoms with Gasteiger partial charge in [0.05, 0.1) is 0 Å². The van der Waals surface area contributed by atoms with Gasteiger partial charge in [-0.3, -0.25) is 9.59 Å². The lowest BCUT2D eigenvalue weighted by Gasteiger charge is -2.17. The molecule has 0 rings (SSSR count). The molecule has 0 aliphatic rings. The maximum atomic E-state index is 11.7. The van der Waals surface area contributed by atoms with Crippen LogP contribution in [0.15, 0.2) is 0 Å². The summed E-state index contributed by atoms with van der Waals surface area (Å²) in [5.74, 6) is 0.608. The van der Waals surface area contributed by atoms with Crippen molar-refractivity contribution in [2.45, 2.75) is 86.5 Å². The van der Waals surface area contributed by atoms with Crippen LogP contribution in [0.3, 0.4) is 0 Å². The van der Waals surface area contributed by atoms with Gasteiger partial charge in [-0.25, -0.2) is 0 Å². The van der Waals surface area contributed by atoms with E-state index in [9.17, 15) is 9.59 Å². The minimum Gasteiger partial charge on any atom is -0.300 e. The first-order chi connectivity index (χ1) is 8.49. The smallest absolute Gasteiger partial charge is 0.132 e. The normalized spacial score (nSPS) is 12.5. The van der Waals surface area contributed by atoms with Crippen molar-refractivity contribution in [1.82, 2.24) is 0 Å². The van der Waals surface area contributed by atoms with Crippen LogP contribution in [-0.4, -0.2) is 11.6 Å². The third kappa shape index (κ3) is 13.6. The number of rotatable bonds is 8. The van der Waals surface area contributed by atoms with Crippen LogP contribution >= 0.6 is 0 Å². The van der Waals surface area contributed by atoms with E-state index in [1.807, 2.05) is 0 Å². The van der Waals surface area contributed by atoms with E-state index in [0.717, 1.165) is 19.3 Å². The average Bonchev–Trinajstić information content (AvgIpc) is 2.22. The molecular weight excluding hydrogens is 236 g/mol. The third-order valence-electron chi connectivity index (χ3n) is 3.22. The molecule has 2 heteroatoms. The molecule has 0 aliphatic heterocycles. The Labute approximate surface area is 119 Å². The van der Waals surface area contributed by atoms with Crippen molar-refractivity contribution in [3.05, 3.63) is 0 Å². The second-order valence-corrected chi connectivity index (χ2v) is 8.05. The van der Waals surface area contributed by atoms with E-state index in [1.54, 1.807) is 0 Å². The highest BCUT2D eigenvalue weighted by atomic mass is 16.1. The van der Waals surface area contributed by atoms with Crippen LogP contribution < -0.4 is 0 Å². The second-order valence-electron chi connectivity index (χ2n) is 8.05. The van der Waals surface area contributed by atoms with Gasteiger partial charge in [0.25, 0.3) is 0 Å². The minimum atomic E-state index is 0.220. The van der Waals surface area contributed by atoms with Gasteiger partial charge in [-0.05, 0) is 30.1 Å². The van der Waals surface area contributed by atoms with Crippen molar-refractivity contribution in [2.75, 3.05) is 0 Å². The molecule has 0 aliphatic carbocycles. The Bertz CT molecular complexity index is 259. The molecule has 0 aromatic heterocycles. The summed E-state index contributed by atoms with van der Waals surface area (Å²) in [6.07, 6.45) is 5.04. The van der Waals surface area contributed by atoms with Gasteiger partial charge in [0, 0.05) is 25.7 Å². The molecule has 0 spiro atoms. The molecule has 0 amide bonds. The number of hydrogen-bond acceptors (Lipinski definition) is 2. The molecular formula is C17H32O2. The molecule has 0 aromatic rings. The molecule has 2 nitrogen and oxygen atoms in total. The molecule has 0 atom stereocenters. The summed E-state index contributed by atoms with van der Waals surface area (Å²) < 4.78 is 0. The van der Waals surface area contributed by atoms with Crippen molar-refractivity contribution >= 4 is 11.6 Å². The number of ketones is 2. The first kappa shape index (κ1) is 18.3. The molecule has 0 N–H and O–H groups in total. The van der Waals surface area contributed by atoms with Crippen molar-refractivity contribution in [2.24, 2.45) is 10.8 Å². The van der Waals surface area contributed by atoms with E-state index in [1.165, 1.54) is 0 Å². The summed E-state index contributed by atoms with van der Waals surface area (Å²) >= 11 is 0. The molecule has 0 aromatic carbocycles. The molecule has 0 radical (unpaired) electrons. The summed E-state index contributed by atoms with van der Waals surface area (Å²) in [6, 6.07) is 0. The van der Waals surface area contributed by atoms with E-state index in [0.29, 0.717) is 37.2 Å². The van der Waals surface area contributed by atoms with E-state index >= 15 is 0 Å². The maximum Gasteiger partial charge on any atom is 0.132 e. The molecule has 112 valence electrons. The Morgan fingerprint density at radius 1 is 0.632 bits per heavy atom. The fraction of sp³-hybridized carbons (Fsp3) is 0.882. The first-order valence-electron chi connectivity index (χ1n) is 7.53. The van der Waals surface area contributed by atoms with E-state index < -0.39 is 0 Å². The van der Waals surface area contributed by atoms with Crippen LogP contribution in [0.4, 0.5) is 0 Å². The van der Waals surface area contributed by atoms with Gasteiger partial charge in [0.15, 0.2) is 0 Å². The van der Waals surface area contributed by atoms with Crippen molar-refractivity contribution in [3.8, 4) is 0 Å². The van der Waals surface area contributed by atoms with Crippen LogP contribution in [0, 0.1) is 10.8 Å². The maximum absolute atomic E-state index is 11.7. The Morgan fingerprint density at radius 3 is 1.21 bits per heavy atom. The highest BCUT2D eigenvalue weighted by molar-refractivity contribution is 5.81. The molecule has 0 saturated carbocycles. The zero-order valence-corrected chi connectivity index (χ0v) is 13.8. The molecule has 19 heavy (non-hydrogen) atoms. The van der Waals surface area contributed by atoms with Crippen LogP contribution in [0.25, 0.3) is 0 Å².